The van der Waals surface area contributed by atoms with Crippen LogP contribution >= 0.6 is 11.8 Å². The van der Waals surface area contributed by atoms with Crippen molar-refractivity contribution >= 4 is 23.6 Å². The highest BCUT2D eigenvalue weighted by molar-refractivity contribution is 8.00. The monoisotopic (exact) mass is 825 g/mol. The van der Waals surface area contributed by atoms with Crippen LogP contribution in [0.3, 0.4) is 0 Å². The van der Waals surface area contributed by atoms with E-state index in [-0.39, 0.29) is 91.8 Å². The summed E-state index contributed by atoms with van der Waals surface area (Å²) in [7, 11) is 7.00. The van der Waals surface area contributed by atoms with Gasteiger partial charge in [-0.25, -0.2) is 0 Å². The second-order valence-electron chi connectivity index (χ2n) is 22.8. The molecule has 0 spiro atoms. The first-order chi connectivity index (χ1) is 25.8. The molecule has 2 amide bonds. The summed E-state index contributed by atoms with van der Waals surface area (Å²) in [6.07, 6.45) is 6.30. The van der Waals surface area contributed by atoms with Crippen LogP contribution in [0, 0.1) is 0 Å². The van der Waals surface area contributed by atoms with Crippen LogP contribution in [0.5, 0.6) is 0 Å². The van der Waals surface area contributed by atoms with E-state index in [0.29, 0.717) is 0 Å². The molecule has 4 aliphatic heterocycles. The van der Waals surface area contributed by atoms with Crippen LogP contribution in [-0.2, 0) is 28.9 Å². The standard InChI is InChI=1S/C44H84N6O6S/c1-37(2)21-31(22-38(3,4)47(37)53-17)45(32-23-39(5,6)48(54-18)40(7,8)24-32)35(51)29-57-30-36(52)46(33-25-41(9,10)49(55-19)42(11,12)26-33)34-27-43(13,14)50(56-20)44(15,16)28-34/h31-34H,21-30H2,1-20H3. The zero-order valence-electron chi connectivity index (χ0n) is 39.9. The highest BCUT2D eigenvalue weighted by Gasteiger charge is 2.55. The highest BCUT2D eigenvalue weighted by Crippen LogP contribution is 2.47. The molecule has 0 radical (unpaired) electrons. The average molecular weight is 825 g/mol. The molecule has 0 N–H and O–H groups in total. The van der Waals surface area contributed by atoms with Crippen LogP contribution in [0.2, 0.25) is 0 Å². The minimum absolute atomic E-state index is 0.0123. The summed E-state index contributed by atoms with van der Waals surface area (Å²) in [6, 6.07) is 0.0491. The molecule has 12 nitrogen and oxygen atoms in total. The number of amides is 2. The fraction of sp³-hybridized carbons (Fsp3) is 0.955. The highest BCUT2D eigenvalue weighted by atomic mass is 32.2. The Morgan fingerprint density at radius 2 is 0.561 bits per heavy atom. The fourth-order valence-corrected chi connectivity index (χ4v) is 14.1. The lowest BCUT2D eigenvalue weighted by atomic mass is 9.74. The minimum atomic E-state index is -0.290. The second-order valence-corrected chi connectivity index (χ2v) is 23.7. The summed E-state index contributed by atoms with van der Waals surface area (Å²) >= 11 is 1.48. The summed E-state index contributed by atoms with van der Waals surface area (Å²) in [5, 5.41) is 8.45. The zero-order chi connectivity index (χ0) is 43.5. The molecule has 4 heterocycles. The van der Waals surface area contributed by atoms with Crippen LogP contribution < -0.4 is 0 Å². The molecule has 0 saturated carbocycles. The first kappa shape index (κ1) is 48.6. The van der Waals surface area contributed by atoms with Gasteiger partial charge in [-0.2, -0.15) is 20.3 Å². The van der Waals surface area contributed by atoms with E-state index in [1.54, 1.807) is 28.4 Å². The molecule has 57 heavy (non-hydrogen) atoms. The molecular weight excluding hydrogens is 741 g/mol. The maximum atomic E-state index is 15.0. The molecule has 0 bridgehead atoms. The third-order valence-corrected chi connectivity index (χ3v) is 14.5. The third kappa shape index (κ3) is 9.88. The Morgan fingerprint density at radius 3 is 0.702 bits per heavy atom. The van der Waals surface area contributed by atoms with Crippen LogP contribution in [0.4, 0.5) is 0 Å². The van der Waals surface area contributed by atoms with Gasteiger partial charge in [-0.3, -0.25) is 9.59 Å². The minimum Gasteiger partial charge on any atom is -0.336 e. The Kier molecular flexibility index (Phi) is 14.2. The molecule has 0 aromatic rings. The predicted octanol–water partition coefficient (Wildman–Crippen LogP) is 7.71. The van der Waals surface area contributed by atoms with Gasteiger partial charge in [0, 0.05) is 68.5 Å². The lowest BCUT2D eigenvalue weighted by Crippen LogP contribution is -2.69. The Balaban J connectivity index is 1.66. The third-order valence-electron chi connectivity index (χ3n) is 13.6. The van der Waals surface area contributed by atoms with E-state index in [9.17, 15) is 9.59 Å². The molecule has 4 saturated heterocycles. The molecule has 0 aromatic heterocycles. The van der Waals surface area contributed by atoms with Crippen molar-refractivity contribution in [2.75, 3.05) is 39.9 Å². The Bertz CT molecular complexity index is 1170. The molecule has 0 atom stereocenters. The maximum absolute atomic E-state index is 15.0. The molecule has 0 unspecified atom stereocenters. The fourth-order valence-electron chi connectivity index (χ4n) is 13.4. The van der Waals surface area contributed by atoms with Crippen molar-refractivity contribution < 1.29 is 28.9 Å². The van der Waals surface area contributed by atoms with Gasteiger partial charge in [0.2, 0.25) is 11.8 Å². The number of piperidine rings is 4. The lowest BCUT2D eigenvalue weighted by molar-refractivity contribution is -0.283. The summed E-state index contributed by atoms with van der Waals surface area (Å²) in [6.45, 7) is 35.5. The number of carbonyl (C=O) groups excluding carboxylic acids is 2. The number of nitrogens with zero attached hydrogens (tertiary/aromatic N) is 6. The predicted molar refractivity (Wildman–Crippen MR) is 231 cm³/mol. The molecule has 13 heteroatoms. The van der Waals surface area contributed by atoms with Crippen molar-refractivity contribution in [2.24, 2.45) is 0 Å². The first-order valence-electron chi connectivity index (χ1n) is 21.4. The molecule has 4 fully saturated rings. The van der Waals surface area contributed by atoms with Crippen LogP contribution in [0.1, 0.15) is 162 Å². The summed E-state index contributed by atoms with van der Waals surface area (Å²) in [5.74, 6) is 0.703. The van der Waals surface area contributed by atoms with E-state index in [4.69, 9.17) is 19.4 Å². The van der Waals surface area contributed by atoms with E-state index in [1.807, 2.05) is 0 Å². The molecule has 4 aliphatic rings. The summed E-state index contributed by atoms with van der Waals surface area (Å²) < 4.78 is 0. The van der Waals surface area contributed by atoms with Gasteiger partial charge in [-0.1, -0.05) is 0 Å². The normalized spacial score (nSPS) is 28.3. The zero-order valence-corrected chi connectivity index (χ0v) is 40.7. The number of hydrogen-bond acceptors (Lipinski definition) is 11. The number of carbonyl (C=O) groups is 2. The first-order valence-corrected chi connectivity index (χ1v) is 22.6. The topological polar surface area (TPSA) is 90.5 Å². The van der Waals surface area contributed by atoms with E-state index in [2.05, 4.69) is 141 Å². The quantitative estimate of drug-likeness (QED) is 0.194. The van der Waals surface area contributed by atoms with Gasteiger partial charge in [0.15, 0.2) is 0 Å². The largest absolute Gasteiger partial charge is 0.336 e. The summed E-state index contributed by atoms with van der Waals surface area (Å²) in [4.78, 5) is 58.3. The van der Waals surface area contributed by atoms with Crippen molar-refractivity contribution in [1.82, 2.24) is 30.1 Å². The van der Waals surface area contributed by atoms with Crippen LogP contribution in [0.25, 0.3) is 0 Å². The van der Waals surface area contributed by atoms with Gasteiger partial charge < -0.3 is 29.2 Å². The molecule has 332 valence electrons. The second kappa shape index (κ2) is 16.7. The number of hydrogen-bond donors (Lipinski definition) is 0. The van der Waals surface area contributed by atoms with Crippen molar-refractivity contribution in [2.45, 2.75) is 231 Å². The van der Waals surface area contributed by atoms with Gasteiger partial charge in [0.25, 0.3) is 0 Å². The van der Waals surface area contributed by atoms with E-state index < -0.39 is 0 Å². The van der Waals surface area contributed by atoms with Gasteiger partial charge in [-0.15, -0.1) is 11.8 Å². The van der Waals surface area contributed by atoms with Crippen molar-refractivity contribution in [3.05, 3.63) is 0 Å². The summed E-state index contributed by atoms with van der Waals surface area (Å²) in [5.41, 5.74) is -2.32. The number of hydroxylamine groups is 8. The molecule has 0 aromatic carbocycles. The molecule has 4 rings (SSSR count). The van der Waals surface area contributed by atoms with E-state index >= 15 is 0 Å². The van der Waals surface area contributed by atoms with Crippen LogP contribution in [-0.4, -0.2) is 150 Å². The lowest BCUT2D eigenvalue weighted by Gasteiger charge is -2.59. The number of rotatable bonds is 12. The van der Waals surface area contributed by atoms with Gasteiger partial charge in [0.05, 0.1) is 39.9 Å². The van der Waals surface area contributed by atoms with Crippen LogP contribution in [0.15, 0.2) is 0 Å². The maximum Gasteiger partial charge on any atom is 0.233 e. The molecular formula is C44H84N6O6S. The van der Waals surface area contributed by atoms with Gasteiger partial charge in [0.1, 0.15) is 0 Å². The Labute approximate surface area is 352 Å². The smallest absolute Gasteiger partial charge is 0.233 e. The Morgan fingerprint density at radius 1 is 0.404 bits per heavy atom. The van der Waals surface area contributed by atoms with Crippen molar-refractivity contribution in [1.29, 1.82) is 0 Å². The SMILES string of the molecule is CON1C(C)(C)CC(N(C(=O)CSCC(=O)N(C2CC(C)(C)N(OC)C(C)(C)C2)C2CC(C)(C)N(OC)C(C)(C)C2)C2CC(C)(C)N(OC)C(C)(C)C2)CC1(C)C. The van der Waals surface area contributed by atoms with Crippen molar-refractivity contribution in [3.63, 3.8) is 0 Å². The average Bonchev–Trinajstić information content (AvgIpc) is 2.97. The molecule has 0 aliphatic carbocycles. The Hall–Kier alpha value is -1.03. The van der Waals surface area contributed by atoms with Crippen molar-refractivity contribution in [3.8, 4) is 0 Å². The van der Waals surface area contributed by atoms with Gasteiger partial charge in [-0.05, 0) is 162 Å². The van der Waals surface area contributed by atoms with E-state index in [0.717, 1.165) is 51.4 Å². The van der Waals surface area contributed by atoms with E-state index in [1.165, 1.54) is 11.8 Å². The number of thioether (sulfide) groups is 1. The van der Waals surface area contributed by atoms with Gasteiger partial charge >= 0.3 is 0 Å².